The molecule has 42 heavy (non-hydrogen) atoms. The van der Waals surface area contributed by atoms with Crippen molar-refractivity contribution in [3.63, 3.8) is 0 Å². The number of rotatable bonds is 7. The Bertz CT molecular complexity index is 1870. The third kappa shape index (κ3) is 4.57. The molecule has 0 spiro atoms. The van der Waals surface area contributed by atoms with Crippen molar-refractivity contribution in [3.05, 3.63) is 118 Å². The molecule has 0 aliphatic carbocycles. The average Bonchev–Trinajstić information content (AvgIpc) is 3.49. The van der Waals surface area contributed by atoms with Gasteiger partial charge in [-0.2, -0.15) is 0 Å². The zero-order valence-corrected chi connectivity index (χ0v) is 23.1. The maximum atomic E-state index is 13.6. The monoisotopic (exact) mass is 560 g/mol. The molecule has 0 N–H and O–H groups in total. The van der Waals surface area contributed by atoms with Crippen molar-refractivity contribution in [1.82, 2.24) is 0 Å². The van der Waals surface area contributed by atoms with E-state index in [1.807, 2.05) is 54.6 Å². The fourth-order valence-corrected chi connectivity index (χ4v) is 5.93. The molecule has 0 amide bonds. The van der Waals surface area contributed by atoms with Crippen LogP contribution in [-0.2, 0) is 17.6 Å². The van der Waals surface area contributed by atoms with E-state index in [1.54, 1.807) is 19.2 Å². The van der Waals surface area contributed by atoms with Gasteiger partial charge < -0.3 is 23.4 Å². The summed E-state index contributed by atoms with van der Waals surface area (Å²) in [6.07, 6.45) is 3.14. The number of ether oxygens (including phenoxy) is 4. The highest BCUT2D eigenvalue weighted by atomic mass is 16.5. The molecule has 2 aliphatic heterocycles. The van der Waals surface area contributed by atoms with Gasteiger partial charge in [-0.15, -0.1) is 0 Å². The Morgan fingerprint density at radius 3 is 2.64 bits per heavy atom. The molecule has 0 fully saturated rings. The first kappa shape index (κ1) is 25.9. The van der Waals surface area contributed by atoms with Crippen molar-refractivity contribution in [1.29, 1.82) is 0 Å². The van der Waals surface area contributed by atoms with Gasteiger partial charge >= 0.3 is 5.97 Å². The quantitative estimate of drug-likeness (QED) is 0.167. The number of carbonyl (C=O) groups is 1. The first-order valence-electron chi connectivity index (χ1n) is 14.0. The number of hydrogen-bond acceptors (Lipinski definition) is 7. The summed E-state index contributed by atoms with van der Waals surface area (Å²) in [5.41, 5.74) is 5.25. The topological polar surface area (TPSA) is 84.2 Å². The minimum absolute atomic E-state index is 0.0601. The second kappa shape index (κ2) is 10.7. The molecule has 210 valence electrons. The van der Waals surface area contributed by atoms with Crippen LogP contribution in [0.1, 0.15) is 34.6 Å². The highest BCUT2D eigenvalue weighted by molar-refractivity contribution is 5.90. The number of benzene rings is 4. The Morgan fingerprint density at radius 1 is 0.929 bits per heavy atom. The normalized spacial score (nSPS) is 15.5. The SMILES string of the molecule is COc1cccc(C2CC(=O)Oc3ccc4c(=O)c(-c5ccccc5)coc4c32)c1OCCc1ccc2c(c1)CCO2. The Balaban J connectivity index is 1.28. The Labute approximate surface area is 242 Å². The molecule has 1 atom stereocenters. The predicted octanol–water partition coefficient (Wildman–Crippen LogP) is 6.47. The van der Waals surface area contributed by atoms with Gasteiger partial charge in [-0.3, -0.25) is 9.59 Å². The summed E-state index contributed by atoms with van der Waals surface area (Å²) in [4.78, 5) is 26.4. The van der Waals surface area contributed by atoms with Crippen LogP contribution < -0.4 is 24.4 Å². The molecule has 7 rings (SSSR count). The van der Waals surface area contributed by atoms with Gasteiger partial charge in [0.1, 0.15) is 23.3 Å². The lowest BCUT2D eigenvalue weighted by Crippen LogP contribution is -2.22. The van der Waals surface area contributed by atoms with Gasteiger partial charge in [-0.25, -0.2) is 0 Å². The summed E-state index contributed by atoms with van der Waals surface area (Å²) in [5, 5.41) is 0.420. The minimum atomic E-state index is -0.474. The lowest BCUT2D eigenvalue weighted by atomic mass is 9.84. The lowest BCUT2D eigenvalue weighted by Gasteiger charge is -2.27. The van der Waals surface area contributed by atoms with E-state index < -0.39 is 5.92 Å². The first-order valence-corrected chi connectivity index (χ1v) is 14.0. The number of hydrogen-bond donors (Lipinski definition) is 0. The van der Waals surface area contributed by atoms with Gasteiger partial charge in [0, 0.05) is 29.9 Å². The van der Waals surface area contributed by atoms with E-state index in [4.69, 9.17) is 23.4 Å². The number of esters is 1. The molecule has 2 aliphatic rings. The Kier molecular flexibility index (Phi) is 6.62. The van der Waals surface area contributed by atoms with Gasteiger partial charge in [0.25, 0.3) is 0 Å². The van der Waals surface area contributed by atoms with Crippen LogP contribution in [0.5, 0.6) is 23.0 Å². The smallest absolute Gasteiger partial charge is 0.312 e. The van der Waals surface area contributed by atoms with Gasteiger partial charge in [0.05, 0.1) is 37.7 Å². The molecule has 0 saturated carbocycles. The Hall–Kier alpha value is -5.04. The molecule has 0 bridgehead atoms. The van der Waals surface area contributed by atoms with Crippen LogP contribution in [-0.4, -0.2) is 26.3 Å². The minimum Gasteiger partial charge on any atom is -0.493 e. The van der Waals surface area contributed by atoms with Crippen LogP contribution in [0.4, 0.5) is 0 Å². The molecule has 3 heterocycles. The van der Waals surface area contributed by atoms with E-state index in [1.165, 1.54) is 11.8 Å². The zero-order chi connectivity index (χ0) is 28.6. The molecular weight excluding hydrogens is 532 g/mol. The predicted molar refractivity (Wildman–Crippen MR) is 158 cm³/mol. The maximum absolute atomic E-state index is 13.6. The number of fused-ring (bicyclic) bond motifs is 4. The standard InChI is InChI=1S/C35H28O7/c1-38-30-9-5-8-24(34(30)40-16-14-21-10-12-28-23(18-21)15-17-39-28)26-19-31(36)42-29-13-11-25-33(37)27(20-41-35(25)32(26)29)22-6-3-2-4-7-22/h2-13,18,20,26H,14-17,19H2,1H3. The second-order valence-electron chi connectivity index (χ2n) is 10.4. The van der Waals surface area contributed by atoms with E-state index in [-0.39, 0.29) is 17.8 Å². The van der Waals surface area contributed by atoms with E-state index in [0.717, 1.165) is 28.9 Å². The van der Waals surface area contributed by atoms with E-state index in [9.17, 15) is 9.59 Å². The van der Waals surface area contributed by atoms with Crippen LogP contribution in [0.15, 0.2) is 94.3 Å². The molecule has 1 aromatic heterocycles. The van der Waals surface area contributed by atoms with Crippen LogP contribution in [0, 0.1) is 0 Å². The fourth-order valence-electron chi connectivity index (χ4n) is 5.93. The van der Waals surface area contributed by atoms with Crippen molar-refractivity contribution in [3.8, 4) is 34.1 Å². The molecule has 7 nitrogen and oxygen atoms in total. The molecule has 0 radical (unpaired) electrons. The van der Waals surface area contributed by atoms with Crippen LogP contribution in [0.25, 0.3) is 22.1 Å². The van der Waals surface area contributed by atoms with Crippen molar-refractivity contribution in [2.24, 2.45) is 0 Å². The molecule has 0 saturated heterocycles. The highest BCUT2D eigenvalue weighted by Gasteiger charge is 2.34. The van der Waals surface area contributed by atoms with Crippen LogP contribution in [0.2, 0.25) is 0 Å². The summed E-state index contributed by atoms with van der Waals surface area (Å²) in [6.45, 7) is 1.12. The number of carbonyl (C=O) groups excluding carboxylic acids is 1. The van der Waals surface area contributed by atoms with Gasteiger partial charge in [0.2, 0.25) is 5.43 Å². The molecule has 5 aromatic rings. The number of methoxy groups -OCH3 is 1. The highest BCUT2D eigenvalue weighted by Crippen LogP contribution is 2.47. The second-order valence-corrected chi connectivity index (χ2v) is 10.4. The van der Waals surface area contributed by atoms with E-state index in [2.05, 4.69) is 12.1 Å². The van der Waals surface area contributed by atoms with E-state index >= 15 is 0 Å². The molecule has 7 heteroatoms. The summed E-state index contributed by atoms with van der Waals surface area (Å²) >= 11 is 0. The molecule has 4 aromatic carbocycles. The largest absolute Gasteiger partial charge is 0.493 e. The van der Waals surface area contributed by atoms with Crippen LogP contribution in [0.3, 0.4) is 0 Å². The van der Waals surface area contributed by atoms with E-state index in [0.29, 0.717) is 59.0 Å². The van der Waals surface area contributed by atoms with Crippen molar-refractivity contribution < 1.29 is 28.2 Å². The summed E-state index contributed by atoms with van der Waals surface area (Å²) in [7, 11) is 1.59. The Morgan fingerprint density at radius 2 is 1.79 bits per heavy atom. The zero-order valence-electron chi connectivity index (χ0n) is 23.1. The molecule has 1 unspecified atom stereocenters. The molecular formula is C35H28O7. The van der Waals surface area contributed by atoms with Gasteiger partial charge in [-0.1, -0.05) is 54.6 Å². The summed E-state index contributed by atoms with van der Waals surface area (Å²) in [6, 6.07) is 24.6. The lowest BCUT2D eigenvalue weighted by molar-refractivity contribution is -0.135. The fraction of sp³-hybridized carbons (Fsp3) is 0.200. The first-order chi connectivity index (χ1) is 20.6. The third-order valence-electron chi connectivity index (χ3n) is 7.96. The summed E-state index contributed by atoms with van der Waals surface area (Å²) in [5.74, 6) is 1.58. The summed E-state index contributed by atoms with van der Waals surface area (Å²) < 4.78 is 29.5. The van der Waals surface area contributed by atoms with Gasteiger partial charge in [-0.05, 0) is 41.0 Å². The maximum Gasteiger partial charge on any atom is 0.312 e. The average molecular weight is 561 g/mol. The van der Waals surface area contributed by atoms with Crippen molar-refractivity contribution in [2.75, 3.05) is 20.3 Å². The van der Waals surface area contributed by atoms with Crippen molar-refractivity contribution >= 4 is 16.9 Å². The van der Waals surface area contributed by atoms with Crippen LogP contribution >= 0.6 is 0 Å². The van der Waals surface area contributed by atoms with Gasteiger partial charge in [0.15, 0.2) is 11.5 Å². The van der Waals surface area contributed by atoms with Crippen molar-refractivity contribution in [2.45, 2.75) is 25.2 Å². The number of para-hydroxylation sites is 1. The third-order valence-corrected chi connectivity index (χ3v) is 7.96.